The number of rotatable bonds is 8. The largest absolute Gasteiger partial charge is 0.489 e. The van der Waals surface area contributed by atoms with Crippen molar-refractivity contribution >= 4 is 11.6 Å². The van der Waals surface area contributed by atoms with E-state index in [0.717, 1.165) is 18.6 Å². The first-order valence-corrected chi connectivity index (χ1v) is 6.71. The van der Waals surface area contributed by atoms with E-state index >= 15 is 0 Å². The Morgan fingerprint density at radius 3 is 2.67 bits per heavy atom. The summed E-state index contributed by atoms with van der Waals surface area (Å²) in [6.45, 7) is 6.61. The highest BCUT2D eigenvalue weighted by Gasteiger charge is 2.06. The molecule has 0 aliphatic rings. The summed E-state index contributed by atoms with van der Waals surface area (Å²) in [5, 5.41) is 0.597. The fourth-order valence-corrected chi connectivity index (χ4v) is 1.75. The zero-order valence-electron chi connectivity index (χ0n) is 11.1. The molecule has 0 unspecified atom stereocenters. The molecule has 0 radical (unpaired) electrons. The van der Waals surface area contributed by atoms with Crippen LogP contribution in [0.2, 0.25) is 5.02 Å². The van der Waals surface area contributed by atoms with E-state index in [-0.39, 0.29) is 0 Å². The third kappa shape index (κ3) is 5.25. The zero-order chi connectivity index (χ0) is 13.4. The molecule has 0 atom stereocenters. The molecule has 1 aromatic carbocycles. The molecular weight excluding hydrogens is 250 g/mol. The number of hydrogen-bond acceptors (Lipinski definition) is 3. The smallest absolute Gasteiger partial charge is 0.142 e. The quantitative estimate of drug-likeness (QED) is 0.738. The Kier molecular flexibility index (Phi) is 7.09. The monoisotopic (exact) mass is 271 g/mol. The van der Waals surface area contributed by atoms with Gasteiger partial charge in [0.1, 0.15) is 12.4 Å². The number of hydrogen-bond donors (Lipinski definition) is 1. The standard InChI is InChI=1S/C14H22ClNO2/c1-11(2)6-7-17-8-9-18-14-12(10-16)4-3-5-13(14)15/h3-5,11H,6-10,16H2,1-2H3. The van der Waals surface area contributed by atoms with Crippen molar-refractivity contribution in [3.05, 3.63) is 28.8 Å². The average Bonchev–Trinajstić information content (AvgIpc) is 2.34. The molecule has 1 aromatic rings. The molecule has 2 N–H and O–H groups in total. The van der Waals surface area contributed by atoms with Gasteiger partial charge in [-0.15, -0.1) is 0 Å². The summed E-state index contributed by atoms with van der Waals surface area (Å²) in [5.74, 6) is 1.34. The first kappa shape index (κ1) is 15.3. The highest BCUT2D eigenvalue weighted by Crippen LogP contribution is 2.28. The second-order valence-corrected chi connectivity index (χ2v) is 4.98. The van der Waals surface area contributed by atoms with Crippen molar-refractivity contribution in [1.82, 2.24) is 0 Å². The molecular formula is C14H22ClNO2. The van der Waals surface area contributed by atoms with Crippen LogP contribution in [-0.4, -0.2) is 19.8 Å². The predicted octanol–water partition coefficient (Wildman–Crippen LogP) is 3.24. The van der Waals surface area contributed by atoms with Crippen LogP contribution < -0.4 is 10.5 Å². The minimum Gasteiger partial charge on any atom is -0.489 e. The van der Waals surface area contributed by atoms with Gasteiger partial charge in [-0.3, -0.25) is 0 Å². The fraction of sp³-hybridized carbons (Fsp3) is 0.571. The molecule has 3 nitrogen and oxygen atoms in total. The van der Waals surface area contributed by atoms with Gasteiger partial charge in [0.25, 0.3) is 0 Å². The number of para-hydroxylation sites is 1. The molecule has 4 heteroatoms. The topological polar surface area (TPSA) is 44.5 Å². The molecule has 0 saturated carbocycles. The maximum atomic E-state index is 6.07. The van der Waals surface area contributed by atoms with E-state index in [1.165, 1.54) is 0 Å². The van der Waals surface area contributed by atoms with E-state index in [1.807, 2.05) is 12.1 Å². The van der Waals surface area contributed by atoms with Crippen molar-refractivity contribution in [2.45, 2.75) is 26.8 Å². The van der Waals surface area contributed by atoms with Crippen LogP contribution in [0, 0.1) is 5.92 Å². The average molecular weight is 272 g/mol. The Balaban J connectivity index is 2.31. The molecule has 0 spiro atoms. The highest BCUT2D eigenvalue weighted by molar-refractivity contribution is 6.32. The van der Waals surface area contributed by atoms with Gasteiger partial charge in [0.2, 0.25) is 0 Å². The van der Waals surface area contributed by atoms with Gasteiger partial charge in [-0.2, -0.15) is 0 Å². The number of benzene rings is 1. The van der Waals surface area contributed by atoms with E-state index in [4.69, 9.17) is 26.8 Å². The summed E-state index contributed by atoms with van der Waals surface area (Å²) in [6.07, 6.45) is 1.07. The van der Waals surface area contributed by atoms with E-state index in [1.54, 1.807) is 6.07 Å². The first-order chi connectivity index (χ1) is 8.65. The summed E-state index contributed by atoms with van der Waals surface area (Å²) >= 11 is 6.07. The summed E-state index contributed by atoms with van der Waals surface area (Å²) in [4.78, 5) is 0. The van der Waals surface area contributed by atoms with Gasteiger partial charge in [0, 0.05) is 18.7 Å². The van der Waals surface area contributed by atoms with Gasteiger partial charge in [0.15, 0.2) is 0 Å². The minimum atomic E-state index is 0.421. The Morgan fingerprint density at radius 1 is 1.22 bits per heavy atom. The summed E-state index contributed by atoms with van der Waals surface area (Å²) in [7, 11) is 0. The Labute approximate surface area is 114 Å². The number of nitrogens with two attached hydrogens (primary N) is 1. The molecule has 102 valence electrons. The molecule has 18 heavy (non-hydrogen) atoms. The summed E-state index contributed by atoms with van der Waals surface area (Å²) < 4.78 is 11.1. The molecule has 0 aromatic heterocycles. The lowest BCUT2D eigenvalue weighted by atomic mass is 10.1. The predicted molar refractivity (Wildman–Crippen MR) is 75.1 cm³/mol. The third-order valence-corrected chi connectivity index (χ3v) is 2.88. The Bertz CT molecular complexity index is 356. The molecule has 0 fully saturated rings. The van der Waals surface area contributed by atoms with Gasteiger partial charge in [-0.25, -0.2) is 0 Å². The van der Waals surface area contributed by atoms with Gasteiger partial charge in [0.05, 0.1) is 11.6 Å². The number of halogens is 1. The molecule has 0 bridgehead atoms. The summed E-state index contributed by atoms with van der Waals surface area (Å²) in [5.41, 5.74) is 6.56. The maximum absolute atomic E-state index is 6.07. The van der Waals surface area contributed by atoms with Crippen molar-refractivity contribution in [3.63, 3.8) is 0 Å². The maximum Gasteiger partial charge on any atom is 0.142 e. The molecule has 0 amide bonds. The van der Waals surface area contributed by atoms with Crippen LogP contribution in [0.5, 0.6) is 5.75 Å². The zero-order valence-corrected chi connectivity index (χ0v) is 11.9. The van der Waals surface area contributed by atoms with Crippen LogP contribution in [-0.2, 0) is 11.3 Å². The second kappa shape index (κ2) is 8.35. The fourth-order valence-electron chi connectivity index (χ4n) is 1.50. The van der Waals surface area contributed by atoms with Gasteiger partial charge >= 0.3 is 0 Å². The van der Waals surface area contributed by atoms with Crippen LogP contribution in [0.1, 0.15) is 25.8 Å². The normalized spacial score (nSPS) is 10.9. The highest BCUT2D eigenvalue weighted by atomic mass is 35.5. The lowest BCUT2D eigenvalue weighted by Gasteiger charge is -2.12. The lowest BCUT2D eigenvalue weighted by molar-refractivity contribution is 0.0923. The van der Waals surface area contributed by atoms with Crippen molar-refractivity contribution < 1.29 is 9.47 Å². The first-order valence-electron chi connectivity index (χ1n) is 6.33. The van der Waals surface area contributed by atoms with Crippen molar-refractivity contribution in [2.75, 3.05) is 19.8 Å². The van der Waals surface area contributed by atoms with Gasteiger partial charge < -0.3 is 15.2 Å². The molecule has 0 aliphatic heterocycles. The Morgan fingerprint density at radius 2 is 2.00 bits per heavy atom. The molecule has 0 aliphatic carbocycles. The van der Waals surface area contributed by atoms with Crippen LogP contribution >= 0.6 is 11.6 Å². The molecule has 0 saturated heterocycles. The SMILES string of the molecule is CC(C)CCOCCOc1c(Cl)cccc1CN. The molecule has 1 rings (SSSR count). The van der Waals surface area contributed by atoms with E-state index < -0.39 is 0 Å². The third-order valence-electron chi connectivity index (χ3n) is 2.58. The van der Waals surface area contributed by atoms with Crippen LogP contribution in [0.15, 0.2) is 18.2 Å². The summed E-state index contributed by atoms with van der Waals surface area (Å²) in [6, 6.07) is 5.59. The number of ether oxygens (including phenoxy) is 2. The lowest BCUT2D eigenvalue weighted by Crippen LogP contribution is -2.10. The van der Waals surface area contributed by atoms with Gasteiger partial charge in [-0.05, 0) is 18.4 Å². The van der Waals surface area contributed by atoms with E-state index in [0.29, 0.717) is 36.4 Å². The van der Waals surface area contributed by atoms with Gasteiger partial charge in [-0.1, -0.05) is 37.6 Å². The van der Waals surface area contributed by atoms with E-state index in [2.05, 4.69) is 13.8 Å². The van der Waals surface area contributed by atoms with Crippen LogP contribution in [0.4, 0.5) is 0 Å². The minimum absolute atomic E-state index is 0.421. The molecule has 0 heterocycles. The van der Waals surface area contributed by atoms with Crippen LogP contribution in [0.3, 0.4) is 0 Å². The second-order valence-electron chi connectivity index (χ2n) is 4.58. The van der Waals surface area contributed by atoms with Crippen molar-refractivity contribution in [1.29, 1.82) is 0 Å². The van der Waals surface area contributed by atoms with Crippen molar-refractivity contribution in [2.24, 2.45) is 11.7 Å². The van der Waals surface area contributed by atoms with Crippen LogP contribution in [0.25, 0.3) is 0 Å². The van der Waals surface area contributed by atoms with E-state index in [9.17, 15) is 0 Å². The Hall–Kier alpha value is -0.770. The van der Waals surface area contributed by atoms with Crippen molar-refractivity contribution in [3.8, 4) is 5.75 Å².